The van der Waals surface area contributed by atoms with E-state index in [-0.39, 0.29) is 31.7 Å². The minimum absolute atomic E-state index is 0. The summed E-state index contributed by atoms with van der Waals surface area (Å²) in [5, 5.41) is 9.66. The summed E-state index contributed by atoms with van der Waals surface area (Å²) in [6, 6.07) is 30.3. The van der Waals surface area contributed by atoms with Gasteiger partial charge in [-0.1, -0.05) is 18.2 Å². The fourth-order valence-corrected chi connectivity index (χ4v) is 5.82. The van der Waals surface area contributed by atoms with E-state index in [0.29, 0.717) is 29.4 Å². The number of anilines is 2. The zero-order valence-electron chi connectivity index (χ0n) is 27.8. The molecule has 1 aliphatic rings. The second-order valence-electron chi connectivity index (χ2n) is 11.6. The molecule has 1 saturated heterocycles. The van der Waals surface area contributed by atoms with Crippen molar-refractivity contribution >= 4 is 62.6 Å². The quantitative estimate of drug-likeness (QED) is 0.0855. The van der Waals surface area contributed by atoms with Crippen LogP contribution in [0.3, 0.4) is 0 Å². The van der Waals surface area contributed by atoms with Crippen LogP contribution in [0.15, 0.2) is 101 Å². The predicted molar refractivity (Wildman–Crippen MR) is 185 cm³/mol. The van der Waals surface area contributed by atoms with Crippen LogP contribution < -0.4 is 26.8 Å². The standard InChI is InChI=1S/C37H38N7O4.ClH/c1-4-42(5-2)30-18-20-32-34(25-30)43(29-10-7-6-8-11-29)33-24-27(15-19-31(33)38-32)40-39-26-13-16-28(17-14-26)41(3)23-9-12-37(47)48-44-35(45)21-22-36(44)46;/h6-8,10-11,13-20,24-25H,4-5,9,12,21-23H2,1-3H3;1H/q+1;/p-1. The second kappa shape index (κ2) is 15.7. The van der Waals surface area contributed by atoms with E-state index in [9.17, 15) is 14.4 Å². The van der Waals surface area contributed by atoms with Crippen molar-refractivity contribution in [2.45, 2.75) is 39.5 Å². The third kappa shape index (κ3) is 7.84. The molecule has 2 amide bonds. The van der Waals surface area contributed by atoms with Gasteiger partial charge >= 0.3 is 5.97 Å². The zero-order chi connectivity index (χ0) is 33.6. The van der Waals surface area contributed by atoms with E-state index in [1.165, 1.54) is 0 Å². The molecule has 1 aromatic heterocycles. The van der Waals surface area contributed by atoms with Crippen molar-refractivity contribution in [1.29, 1.82) is 0 Å². The summed E-state index contributed by atoms with van der Waals surface area (Å²) < 4.78 is 2.24. The van der Waals surface area contributed by atoms with E-state index in [1.807, 2.05) is 72.6 Å². The maximum Gasteiger partial charge on any atom is 0.333 e. The number of carbonyl (C=O) groups excluding carboxylic acids is 3. The average Bonchev–Trinajstić information content (AvgIpc) is 3.42. The molecule has 4 aromatic carbocycles. The largest absolute Gasteiger partial charge is 1.00 e. The number of amides is 2. The molecule has 6 rings (SSSR count). The normalized spacial score (nSPS) is 12.9. The first kappa shape index (κ1) is 34.9. The van der Waals surface area contributed by atoms with Crippen LogP contribution in [-0.2, 0) is 19.2 Å². The van der Waals surface area contributed by atoms with Crippen LogP contribution in [0.2, 0.25) is 0 Å². The number of rotatable bonds is 12. The van der Waals surface area contributed by atoms with Gasteiger partial charge in [-0.15, -0.1) is 9.63 Å². The van der Waals surface area contributed by atoms with Gasteiger partial charge in [0, 0.05) is 81.6 Å². The highest BCUT2D eigenvalue weighted by molar-refractivity contribution is 6.01. The van der Waals surface area contributed by atoms with Gasteiger partial charge in [0.25, 0.3) is 11.8 Å². The number of para-hydroxylation sites is 1. The van der Waals surface area contributed by atoms with Crippen LogP contribution in [0.5, 0.6) is 0 Å². The zero-order valence-corrected chi connectivity index (χ0v) is 28.5. The lowest BCUT2D eigenvalue weighted by Gasteiger charge is -2.20. The molecule has 0 radical (unpaired) electrons. The van der Waals surface area contributed by atoms with Crippen molar-refractivity contribution in [3.63, 3.8) is 0 Å². The second-order valence-corrected chi connectivity index (χ2v) is 11.6. The Bertz CT molecular complexity index is 1980. The lowest BCUT2D eigenvalue weighted by molar-refractivity contribution is -0.538. The SMILES string of the molecule is CCN(CC)c1ccc2nc3ccc(N=Nc4ccc(N(C)CCCC(=O)ON5C(=O)CCC5=O)cc4)cc3[n+](-c3ccccc3)c2c1.[Cl-]. The maximum absolute atomic E-state index is 12.1. The van der Waals surface area contributed by atoms with Crippen LogP contribution in [0.1, 0.15) is 39.5 Å². The molecule has 0 N–H and O–H groups in total. The van der Waals surface area contributed by atoms with E-state index in [0.717, 1.165) is 52.2 Å². The summed E-state index contributed by atoms with van der Waals surface area (Å²) in [5.41, 5.74) is 8.26. The van der Waals surface area contributed by atoms with Gasteiger partial charge in [-0.2, -0.15) is 10.2 Å². The first-order valence-corrected chi connectivity index (χ1v) is 16.2. The topological polar surface area (TPSA) is 112 Å². The monoisotopic (exact) mass is 679 g/mol. The number of carbonyl (C=O) groups is 3. The first-order chi connectivity index (χ1) is 23.3. The van der Waals surface area contributed by atoms with Crippen LogP contribution in [0, 0.1) is 0 Å². The molecule has 0 bridgehead atoms. The minimum atomic E-state index is -0.598. The van der Waals surface area contributed by atoms with Gasteiger partial charge in [0.05, 0.1) is 11.4 Å². The predicted octanol–water partition coefficient (Wildman–Crippen LogP) is 3.75. The number of fused-ring (bicyclic) bond motifs is 2. The fraction of sp³-hybridized carbons (Fsp3) is 0.270. The molecule has 1 aliphatic heterocycles. The molecule has 0 saturated carbocycles. The Morgan fingerprint density at radius 2 is 1.41 bits per heavy atom. The molecule has 5 aromatic rings. The van der Waals surface area contributed by atoms with Crippen LogP contribution in [0.4, 0.5) is 22.7 Å². The Kier molecular flexibility index (Phi) is 11.1. The smallest absolute Gasteiger partial charge is 0.333 e. The summed E-state index contributed by atoms with van der Waals surface area (Å²) in [7, 11) is 1.93. The van der Waals surface area contributed by atoms with Crippen LogP contribution >= 0.6 is 0 Å². The van der Waals surface area contributed by atoms with Gasteiger partial charge in [0.2, 0.25) is 16.7 Å². The summed E-state index contributed by atoms with van der Waals surface area (Å²) in [4.78, 5) is 49.7. The molecule has 0 aliphatic carbocycles. The Hall–Kier alpha value is -5.42. The highest BCUT2D eigenvalue weighted by Gasteiger charge is 2.32. The van der Waals surface area contributed by atoms with E-state index in [1.54, 1.807) is 0 Å². The van der Waals surface area contributed by atoms with Gasteiger partial charge in [-0.25, -0.2) is 9.78 Å². The molecule has 252 valence electrons. The number of halogens is 1. The molecular formula is C37H38ClN7O4. The first-order valence-electron chi connectivity index (χ1n) is 16.2. The summed E-state index contributed by atoms with van der Waals surface area (Å²) >= 11 is 0. The van der Waals surface area contributed by atoms with Gasteiger partial charge in [-0.05, 0) is 68.8 Å². The number of nitrogens with zero attached hydrogens (tertiary/aromatic N) is 7. The highest BCUT2D eigenvalue weighted by atomic mass is 35.5. The van der Waals surface area contributed by atoms with Gasteiger partial charge in [0.15, 0.2) is 0 Å². The molecule has 0 unspecified atom stereocenters. The van der Waals surface area contributed by atoms with E-state index >= 15 is 0 Å². The summed E-state index contributed by atoms with van der Waals surface area (Å²) in [6.07, 6.45) is 0.743. The third-order valence-electron chi connectivity index (χ3n) is 8.43. The van der Waals surface area contributed by atoms with E-state index in [2.05, 4.69) is 63.9 Å². The lowest BCUT2D eigenvalue weighted by Crippen LogP contribution is -3.00. The van der Waals surface area contributed by atoms with Crippen molar-refractivity contribution < 1.29 is 36.2 Å². The minimum Gasteiger partial charge on any atom is -1.00 e. The van der Waals surface area contributed by atoms with Gasteiger partial charge < -0.3 is 27.0 Å². The Labute approximate surface area is 291 Å². The molecule has 2 heterocycles. The molecule has 11 nitrogen and oxygen atoms in total. The van der Waals surface area contributed by atoms with Crippen LogP contribution in [0.25, 0.3) is 27.8 Å². The molecule has 1 fully saturated rings. The Morgan fingerprint density at radius 1 is 0.816 bits per heavy atom. The lowest BCUT2D eigenvalue weighted by atomic mass is 10.1. The number of benzene rings is 4. The van der Waals surface area contributed by atoms with Crippen LogP contribution in [-0.4, -0.2) is 54.5 Å². The van der Waals surface area contributed by atoms with Crippen molar-refractivity contribution in [3.05, 3.63) is 91.0 Å². The van der Waals surface area contributed by atoms with Crippen molar-refractivity contribution in [2.24, 2.45) is 10.2 Å². The number of imide groups is 1. The Balaban J connectivity index is 0.00000468. The number of aromatic nitrogens is 2. The molecule has 0 atom stereocenters. The maximum atomic E-state index is 12.1. The molecule has 49 heavy (non-hydrogen) atoms. The van der Waals surface area contributed by atoms with Crippen molar-refractivity contribution in [3.8, 4) is 5.69 Å². The third-order valence-corrected chi connectivity index (χ3v) is 8.43. The fourth-order valence-electron chi connectivity index (χ4n) is 5.82. The summed E-state index contributed by atoms with van der Waals surface area (Å²) in [5.74, 6) is -1.55. The number of hydroxylamine groups is 2. The number of hydrogen-bond acceptors (Lipinski definition) is 9. The van der Waals surface area contributed by atoms with Crippen molar-refractivity contribution in [1.82, 2.24) is 10.0 Å². The summed E-state index contributed by atoms with van der Waals surface area (Å²) in [6.45, 7) is 6.73. The molecular weight excluding hydrogens is 642 g/mol. The van der Waals surface area contributed by atoms with Gasteiger partial charge in [0.1, 0.15) is 11.0 Å². The molecule has 0 spiro atoms. The molecule has 12 heteroatoms. The van der Waals surface area contributed by atoms with Gasteiger partial charge in [-0.3, -0.25) is 9.59 Å². The van der Waals surface area contributed by atoms with E-state index in [4.69, 9.17) is 9.82 Å². The Morgan fingerprint density at radius 3 is 2.08 bits per heavy atom. The number of azo groups is 1. The highest BCUT2D eigenvalue weighted by Crippen LogP contribution is 2.27. The number of hydrogen-bond donors (Lipinski definition) is 0. The van der Waals surface area contributed by atoms with E-state index < -0.39 is 17.8 Å². The van der Waals surface area contributed by atoms with Crippen molar-refractivity contribution in [2.75, 3.05) is 36.5 Å². The average molecular weight is 680 g/mol.